The van der Waals surface area contributed by atoms with Crippen LogP contribution in [0.5, 0.6) is 0 Å². The molecule has 0 unspecified atom stereocenters. The molecule has 2 aromatic rings. The molecule has 3 saturated heterocycles. The summed E-state index contributed by atoms with van der Waals surface area (Å²) in [7, 11) is 0. The third-order valence-corrected chi connectivity index (χ3v) is 7.97. The Morgan fingerprint density at radius 3 is 2.65 bits per heavy atom. The summed E-state index contributed by atoms with van der Waals surface area (Å²) < 4.78 is 20.5. The Bertz CT molecular complexity index is 1180. The molecule has 0 saturated carbocycles. The van der Waals surface area contributed by atoms with Gasteiger partial charge in [-0.15, -0.1) is 12.4 Å². The molecule has 1 amide bonds. The van der Waals surface area contributed by atoms with Gasteiger partial charge in [0.15, 0.2) is 0 Å². The molecule has 11 nitrogen and oxygen atoms in total. The number of nitrogen functional groups attached to an aromatic ring is 1. The van der Waals surface area contributed by atoms with Crippen molar-refractivity contribution in [2.24, 2.45) is 0 Å². The van der Waals surface area contributed by atoms with E-state index in [-0.39, 0.29) is 43.0 Å². The highest BCUT2D eigenvalue weighted by Crippen LogP contribution is 2.42. The number of nitrogens with one attached hydrogen (secondary N) is 1. The Morgan fingerprint density at radius 2 is 1.97 bits per heavy atom. The van der Waals surface area contributed by atoms with E-state index < -0.39 is 11.6 Å². The van der Waals surface area contributed by atoms with Gasteiger partial charge in [0.25, 0.3) is 5.91 Å². The molecule has 13 heteroatoms. The third-order valence-electron chi connectivity index (χ3n) is 7.97. The van der Waals surface area contributed by atoms with Gasteiger partial charge in [-0.05, 0) is 26.7 Å². The third kappa shape index (κ3) is 4.34. The molecule has 4 aliphatic rings. The van der Waals surface area contributed by atoms with E-state index >= 15 is 0 Å². The Kier molecular flexibility index (Phi) is 6.61. The first kappa shape index (κ1) is 25.8. The second-order valence-corrected chi connectivity index (χ2v) is 10.6. The second-order valence-electron chi connectivity index (χ2n) is 10.6. The molecule has 6 rings (SSSR count). The van der Waals surface area contributed by atoms with Gasteiger partial charge in [-0.1, -0.05) is 0 Å². The van der Waals surface area contributed by atoms with Crippen LogP contribution in [-0.4, -0.2) is 100 Å². The Labute approximate surface area is 221 Å². The van der Waals surface area contributed by atoms with Gasteiger partial charge in [0.2, 0.25) is 17.6 Å². The number of alkyl halides is 1. The van der Waals surface area contributed by atoms with Crippen LogP contribution in [0.1, 0.15) is 25.8 Å². The average Bonchev–Trinajstić information content (AvgIpc) is 3.47. The maximum Gasteiger partial charge on any atom is 0.263 e. The van der Waals surface area contributed by atoms with Crippen molar-refractivity contribution in [1.82, 2.24) is 30.2 Å². The summed E-state index contributed by atoms with van der Waals surface area (Å²) in [6.07, 6.45) is 4.90. The number of hydrogen-bond acceptors (Lipinski definition) is 10. The number of aromatic nitrogens is 4. The molecule has 3 N–H and O–H groups in total. The number of likely N-dealkylation sites (tertiary alicyclic amines) is 1. The predicted octanol–water partition coefficient (Wildman–Crippen LogP) is 0.828. The SMILES string of the molecule is C[C@H]1COCCN1c1nc(-c2cnc(N)nc2)c2c(n1)N([C@@]1(C)CCN(C(=O)C3(F)CNC3)C1)CC2.Cl. The Hall–Kier alpha value is -2.83. The Morgan fingerprint density at radius 1 is 1.22 bits per heavy atom. The zero-order valence-corrected chi connectivity index (χ0v) is 21.9. The second kappa shape index (κ2) is 9.48. The predicted molar refractivity (Wildman–Crippen MR) is 140 cm³/mol. The van der Waals surface area contributed by atoms with Crippen molar-refractivity contribution in [1.29, 1.82) is 0 Å². The number of hydrogen-bond donors (Lipinski definition) is 2. The van der Waals surface area contributed by atoms with E-state index in [1.54, 1.807) is 17.3 Å². The van der Waals surface area contributed by atoms with Gasteiger partial charge in [-0.25, -0.2) is 19.3 Å². The highest BCUT2D eigenvalue weighted by Gasteiger charge is 2.52. The maximum absolute atomic E-state index is 14.9. The van der Waals surface area contributed by atoms with E-state index in [0.29, 0.717) is 38.8 Å². The first-order valence-electron chi connectivity index (χ1n) is 12.6. The molecule has 0 bridgehead atoms. The van der Waals surface area contributed by atoms with Crippen molar-refractivity contribution in [2.75, 3.05) is 68.0 Å². The van der Waals surface area contributed by atoms with E-state index in [9.17, 15) is 9.18 Å². The van der Waals surface area contributed by atoms with E-state index in [2.05, 4.69) is 38.9 Å². The van der Waals surface area contributed by atoms with Crippen LogP contribution in [0.15, 0.2) is 12.4 Å². The number of morpholine rings is 1. The van der Waals surface area contributed by atoms with Crippen molar-refractivity contribution in [3.8, 4) is 11.3 Å². The summed E-state index contributed by atoms with van der Waals surface area (Å²) >= 11 is 0. The van der Waals surface area contributed by atoms with Crippen molar-refractivity contribution < 1.29 is 13.9 Å². The molecule has 0 aromatic carbocycles. The van der Waals surface area contributed by atoms with Crippen LogP contribution in [0.2, 0.25) is 0 Å². The monoisotopic (exact) mass is 533 g/mol. The normalized spacial score (nSPS) is 26.5. The molecule has 2 aromatic heterocycles. The fourth-order valence-electron chi connectivity index (χ4n) is 5.74. The minimum Gasteiger partial charge on any atom is -0.377 e. The van der Waals surface area contributed by atoms with Gasteiger partial charge in [0.1, 0.15) is 5.82 Å². The summed E-state index contributed by atoms with van der Waals surface area (Å²) in [6.45, 7) is 8.09. The summed E-state index contributed by atoms with van der Waals surface area (Å²) in [4.78, 5) is 37.5. The molecule has 200 valence electrons. The van der Waals surface area contributed by atoms with Crippen molar-refractivity contribution in [3.63, 3.8) is 0 Å². The van der Waals surface area contributed by atoms with Crippen LogP contribution in [0.25, 0.3) is 11.3 Å². The number of amides is 1. The van der Waals surface area contributed by atoms with Crippen molar-refractivity contribution >= 4 is 36.0 Å². The molecular weight excluding hydrogens is 501 g/mol. The summed E-state index contributed by atoms with van der Waals surface area (Å²) in [5.74, 6) is 1.31. The highest BCUT2D eigenvalue weighted by molar-refractivity contribution is 5.87. The fourth-order valence-corrected chi connectivity index (χ4v) is 5.74. The largest absolute Gasteiger partial charge is 0.377 e. The molecule has 2 atom stereocenters. The molecule has 37 heavy (non-hydrogen) atoms. The minimum atomic E-state index is -1.78. The van der Waals surface area contributed by atoms with Crippen LogP contribution in [0.3, 0.4) is 0 Å². The van der Waals surface area contributed by atoms with Gasteiger partial charge >= 0.3 is 0 Å². The van der Waals surface area contributed by atoms with E-state index in [1.807, 2.05) is 0 Å². The summed E-state index contributed by atoms with van der Waals surface area (Å²) in [6, 6.07) is 0.134. The van der Waals surface area contributed by atoms with Crippen molar-refractivity contribution in [2.45, 2.75) is 43.9 Å². The lowest BCUT2D eigenvalue weighted by Gasteiger charge is -2.39. The van der Waals surface area contributed by atoms with Crippen molar-refractivity contribution in [3.05, 3.63) is 18.0 Å². The maximum atomic E-state index is 14.9. The fraction of sp³-hybridized carbons (Fsp3) is 0.625. The molecule has 0 spiro atoms. The van der Waals surface area contributed by atoms with E-state index in [1.165, 1.54) is 0 Å². The van der Waals surface area contributed by atoms with Gasteiger partial charge in [-0.3, -0.25) is 4.79 Å². The lowest BCUT2D eigenvalue weighted by molar-refractivity contribution is -0.146. The first-order chi connectivity index (χ1) is 17.3. The van der Waals surface area contributed by atoms with Gasteiger partial charge < -0.3 is 30.5 Å². The van der Waals surface area contributed by atoms with Gasteiger partial charge in [0.05, 0.1) is 30.5 Å². The van der Waals surface area contributed by atoms with Crippen LogP contribution in [0, 0.1) is 0 Å². The topological polar surface area (TPSA) is 126 Å². The summed E-state index contributed by atoms with van der Waals surface area (Å²) in [5, 5.41) is 2.88. The number of ether oxygens (including phenoxy) is 1. The number of carbonyl (C=O) groups is 1. The standard InChI is InChI=1S/C24H32FN9O2.ClH/c1-15-11-36-8-7-33(15)22-30-18(16-9-28-21(26)29-10-16)17-3-5-34(19(17)31-22)23(2)4-6-32(14-23)20(35)24(25)12-27-13-24;/h9-10,15,27H,3-8,11-14H2,1-2H3,(H2,26,28,29);1H/t15-,23-;/m0./s1. The zero-order valence-electron chi connectivity index (χ0n) is 21.1. The molecule has 4 aliphatic heterocycles. The number of nitrogens with zero attached hydrogens (tertiary/aromatic N) is 7. The van der Waals surface area contributed by atoms with E-state index in [4.69, 9.17) is 20.4 Å². The van der Waals surface area contributed by atoms with E-state index in [0.717, 1.165) is 42.0 Å². The number of fused-ring (bicyclic) bond motifs is 1. The Balaban J connectivity index is 0.00000280. The number of nitrogens with two attached hydrogens (primary N) is 1. The lowest BCUT2D eigenvalue weighted by atomic mass is 9.97. The summed E-state index contributed by atoms with van der Waals surface area (Å²) in [5.41, 5.74) is 6.22. The minimum absolute atomic E-state index is 0. The molecular formula is C24H33ClFN9O2. The molecule has 6 heterocycles. The number of halogens is 2. The highest BCUT2D eigenvalue weighted by atomic mass is 35.5. The lowest BCUT2D eigenvalue weighted by Crippen LogP contribution is -2.65. The van der Waals surface area contributed by atoms with Gasteiger partial charge in [-0.2, -0.15) is 4.98 Å². The average molecular weight is 534 g/mol. The van der Waals surface area contributed by atoms with Crippen LogP contribution >= 0.6 is 12.4 Å². The zero-order chi connectivity index (χ0) is 25.1. The van der Waals surface area contributed by atoms with Gasteiger partial charge in [0, 0.05) is 62.8 Å². The first-order valence-corrected chi connectivity index (χ1v) is 12.6. The number of anilines is 3. The molecule has 0 radical (unpaired) electrons. The molecule has 0 aliphatic carbocycles. The number of carbonyl (C=O) groups excluding carboxylic acids is 1. The number of rotatable bonds is 4. The van der Waals surface area contributed by atoms with Crippen LogP contribution < -0.4 is 20.9 Å². The smallest absolute Gasteiger partial charge is 0.263 e. The molecule has 3 fully saturated rings. The van der Waals surface area contributed by atoms with Crippen LogP contribution in [0.4, 0.5) is 22.1 Å². The van der Waals surface area contributed by atoms with Crippen LogP contribution in [-0.2, 0) is 16.0 Å². The quantitative estimate of drug-likeness (QED) is 0.583.